The van der Waals surface area contributed by atoms with Gasteiger partial charge in [0.05, 0.1) is 6.10 Å². The SMILES string of the molecule is OC1CCCCC1CNC1CCN(c2ccccn2)CC1. The number of aliphatic hydroxyl groups excluding tert-OH is 1. The molecule has 2 unspecified atom stereocenters. The van der Waals surface area contributed by atoms with Crippen molar-refractivity contribution in [3.8, 4) is 0 Å². The molecule has 0 bridgehead atoms. The van der Waals surface area contributed by atoms with Crippen molar-refractivity contribution < 1.29 is 5.11 Å². The van der Waals surface area contributed by atoms with Gasteiger partial charge in [-0.1, -0.05) is 18.9 Å². The Balaban J connectivity index is 1.41. The molecular weight excluding hydrogens is 262 g/mol. The molecule has 1 saturated carbocycles. The molecule has 1 aromatic rings. The molecule has 1 aliphatic heterocycles. The van der Waals surface area contributed by atoms with Crippen molar-refractivity contribution in [1.29, 1.82) is 0 Å². The van der Waals surface area contributed by atoms with E-state index in [1.165, 1.54) is 32.1 Å². The minimum absolute atomic E-state index is 0.0835. The van der Waals surface area contributed by atoms with E-state index in [0.717, 1.165) is 31.9 Å². The van der Waals surface area contributed by atoms with Gasteiger partial charge < -0.3 is 15.3 Å². The van der Waals surface area contributed by atoms with E-state index >= 15 is 0 Å². The van der Waals surface area contributed by atoms with Crippen LogP contribution in [0.4, 0.5) is 5.82 Å². The first kappa shape index (κ1) is 14.8. The number of hydrogen-bond donors (Lipinski definition) is 2. The van der Waals surface area contributed by atoms with Gasteiger partial charge in [0.1, 0.15) is 5.82 Å². The minimum Gasteiger partial charge on any atom is -0.393 e. The van der Waals surface area contributed by atoms with Crippen LogP contribution in [-0.4, -0.2) is 41.9 Å². The summed E-state index contributed by atoms with van der Waals surface area (Å²) in [6.45, 7) is 3.12. The molecule has 4 nitrogen and oxygen atoms in total. The highest BCUT2D eigenvalue weighted by atomic mass is 16.3. The summed E-state index contributed by atoms with van der Waals surface area (Å²) in [7, 11) is 0. The Hall–Kier alpha value is -1.13. The van der Waals surface area contributed by atoms with Crippen LogP contribution in [0.25, 0.3) is 0 Å². The molecule has 2 heterocycles. The summed E-state index contributed by atoms with van der Waals surface area (Å²) in [5.41, 5.74) is 0. The van der Waals surface area contributed by atoms with Gasteiger partial charge in [0.25, 0.3) is 0 Å². The van der Waals surface area contributed by atoms with Crippen LogP contribution in [0, 0.1) is 5.92 Å². The summed E-state index contributed by atoms with van der Waals surface area (Å²) in [6.07, 6.45) is 8.76. The van der Waals surface area contributed by atoms with Crippen LogP contribution in [0.15, 0.2) is 24.4 Å². The minimum atomic E-state index is -0.0835. The van der Waals surface area contributed by atoms with E-state index in [2.05, 4.69) is 27.3 Å². The van der Waals surface area contributed by atoms with Crippen LogP contribution in [0.3, 0.4) is 0 Å². The van der Waals surface area contributed by atoms with Crippen LogP contribution in [-0.2, 0) is 0 Å². The highest BCUT2D eigenvalue weighted by Gasteiger charge is 2.25. The van der Waals surface area contributed by atoms with Crippen LogP contribution in [0.2, 0.25) is 0 Å². The summed E-state index contributed by atoms with van der Waals surface area (Å²) in [5, 5.41) is 13.7. The third-order valence-electron chi connectivity index (χ3n) is 5.01. The molecule has 1 saturated heterocycles. The molecule has 2 atom stereocenters. The molecule has 21 heavy (non-hydrogen) atoms. The number of rotatable bonds is 4. The van der Waals surface area contributed by atoms with Crippen molar-refractivity contribution in [3.63, 3.8) is 0 Å². The molecule has 0 amide bonds. The van der Waals surface area contributed by atoms with Crippen molar-refractivity contribution in [2.24, 2.45) is 5.92 Å². The Morgan fingerprint density at radius 2 is 1.95 bits per heavy atom. The summed E-state index contributed by atoms with van der Waals surface area (Å²) >= 11 is 0. The third-order valence-corrected chi connectivity index (χ3v) is 5.01. The lowest BCUT2D eigenvalue weighted by Gasteiger charge is -2.35. The third kappa shape index (κ3) is 3.95. The van der Waals surface area contributed by atoms with E-state index in [4.69, 9.17) is 0 Å². The molecule has 0 aromatic carbocycles. The van der Waals surface area contributed by atoms with Gasteiger partial charge in [-0.2, -0.15) is 0 Å². The first-order valence-electron chi connectivity index (χ1n) is 8.40. The second-order valence-electron chi connectivity index (χ2n) is 6.47. The topological polar surface area (TPSA) is 48.4 Å². The molecule has 1 aromatic heterocycles. The molecule has 4 heteroatoms. The molecular formula is C17H27N3O. The quantitative estimate of drug-likeness (QED) is 0.892. The normalized spacial score (nSPS) is 27.8. The Labute approximate surface area is 127 Å². The second kappa shape index (κ2) is 7.23. The highest BCUT2D eigenvalue weighted by Crippen LogP contribution is 2.24. The number of aromatic nitrogens is 1. The van der Waals surface area contributed by atoms with Crippen LogP contribution in [0.5, 0.6) is 0 Å². The fourth-order valence-corrected chi connectivity index (χ4v) is 3.60. The molecule has 1 aliphatic carbocycles. The number of hydrogen-bond acceptors (Lipinski definition) is 4. The Bertz CT molecular complexity index is 417. The predicted molar refractivity (Wildman–Crippen MR) is 85.4 cm³/mol. The van der Waals surface area contributed by atoms with Gasteiger partial charge in [-0.15, -0.1) is 0 Å². The molecule has 0 spiro atoms. The van der Waals surface area contributed by atoms with Crippen molar-refractivity contribution in [2.75, 3.05) is 24.5 Å². The van der Waals surface area contributed by atoms with Gasteiger partial charge in [-0.3, -0.25) is 0 Å². The Morgan fingerprint density at radius 1 is 1.14 bits per heavy atom. The van der Waals surface area contributed by atoms with Crippen LogP contribution in [0.1, 0.15) is 38.5 Å². The Morgan fingerprint density at radius 3 is 2.67 bits per heavy atom. The fourth-order valence-electron chi connectivity index (χ4n) is 3.60. The molecule has 0 radical (unpaired) electrons. The number of pyridine rings is 1. The number of anilines is 1. The molecule has 2 fully saturated rings. The molecule has 2 aliphatic rings. The summed E-state index contributed by atoms with van der Waals surface area (Å²) < 4.78 is 0. The average molecular weight is 289 g/mol. The van der Waals surface area contributed by atoms with Crippen LogP contribution >= 0.6 is 0 Å². The van der Waals surface area contributed by atoms with Gasteiger partial charge in [0.15, 0.2) is 0 Å². The second-order valence-corrected chi connectivity index (χ2v) is 6.47. The molecule has 3 rings (SSSR count). The molecule has 2 N–H and O–H groups in total. The number of piperidine rings is 1. The lowest BCUT2D eigenvalue weighted by molar-refractivity contribution is 0.0676. The zero-order valence-electron chi connectivity index (χ0n) is 12.7. The highest BCUT2D eigenvalue weighted by molar-refractivity contribution is 5.38. The Kier molecular flexibility index (Phi) is 5.09. The lowest BCUT2D eigenvalue weighted by Crippen LogP contribution is -2.45. The number of nitrogens with zero attached hydrogens (tertiary/aromatic N) is 2. The summed E-state index contributed by atoms with van der Waals surface area (Å²) in [6, 6.07) is 6.70. The van der Waals surface area contributed by atoms with E-state index in [-0.39, 0.29) is 6.10 Å². The maximum absolute atomic E-state index is 10.0. The fraction of sp³-hybridized carbons (Fsp3) is 0.706. The average Bonchev–Trinajstić information content (AvgIpc) is 2.55. The number of aliphatic hydroxyl groups is 1. The smallest absolute Gasteiger partial charge is 0.128 e. The summed E-state index contributed by atoms with van der Waals surface area (Å²) in [4.78, 5) is 6.80. The van der Waals surface area contributed by atoms with E-state index in [0.29, 0.717) is 12.0 Å². The maximum Gasteiger partial charge on any atom is 0.128 e. The first-order valence-corrected chi connectivity index (χ1v) is 8.40. The van der Waals surface area contributed by atoms with E-state index in [1.54, 1.807) is 0 Å². The lowest BCUT2D eigenvalue weighted by atomic mass is 9.86. The maximum atomic E-state index is 10.0. The molecule has 116 valence electrons. The summed E-state index contributed by atoms with van der Waals surface area (Å²) in [5.74, 6) is 1.56. The standard InChI is InChI=1S/C17H27N3O/c21-16-6-2-1-5-14(16)13-19-15-8-11-20(12-9-15)17-7-3-4-10-18-17/h3-4,7,10,14-16,19,21H,1-2,5-6,8-9,11-13H2. The van der Waals surface area contributed by atoms with Gasteiger partial charge >= 0.3 is 0 Å². The zero-order chi connectivity index (χ0) is 14.5. The predicted octanol–water partition coefficient (Wildman–Crippen LogP) is 2.19. The van der Waals surface area contributed by atoms with Crippen molar-refractivity contribution in [2.45, 2.75) is 50.7 Å². The van der Waals surface area contributed by atoms with E-state index in [9.17, 15) is 5.11 Å². The van der Waals surface area contributed by atoms with Crippen molar-refractivity contribution in [3.05, 3.63) is 24.4 Å². The first-order chi connectivity index (χ1) is 10.3. The van der Waals surface area contributed by atoms with Crippen molar-refractivity contribution >= 4 is 5.82 Å². The van der Waals surface area contributed by atoms with Crippen LogP contribution < -0.4 is 10.2 Å². The van der Waals surface area contributed by atoms with Gasteiger partial charge in [-0.05, 0) is 43.7 Å². The van der Waals surface area contributed by atoms with Gasteiger partial charge in [-0.25, -0.2) is 4.98 Å². The van der Waals surface area contributed by atoms with Gasteiger partial charge in [0.2, 0.25) is 0 Å². The van der Waals surface area contributed by atoms with E-state index < -0.39 is 0 Å². The monoisotopic (exact) mass is 289 g/mol. The van der Waals surface area contributed by atoms with Crippen molar-refractivity contribution in [1.82, 2.24) is 10.3 Å². The largest absolute Gasteiger partial charge is 0.393 e. The van der Waals surface area contributed by atoms with Gasteiger partial charge in [0, 0.05) is 31.9 Å². The zero-order valence-corrected chi connectivity index (χ0v) is 12.7. The number of nitrogens with one attached hydrogen (secondary N) is 1. The van der Waals surface area contributed by atoms with E-state index in [1.807, 2.05) is 12.3 Å².